The Bertz CT molecular complexity index is 932. The van der Waals surface area contributed by atoms with E-state index in [9.17, 15) is 19.8 Å². The van der Waals surface area contributed by atoms with Crippen LogP contribution < -0.4 is 9.47 Å². The highest BCUT2D eigenvalue weighted by Crippen LogP contribution is 2.42. The van der Waals surface area contributed by atoms with Crippen molar-refractivity contribution in [2.24, 2.45) is 0 Å². The number of benzene rings is 2. The van der Waals surface area contributed by atoms with Gasteiger partial charge in [-0.05, 0) is 41.5 Å². The maximum Gasteiger partial charge on any atom is 0.172 e. The van der Waals surface area contributed by atoms with Gasteiger partial charge in [0, 0.05) is 0 Å². The number of methoxy groups -OCH3 is 2. The lowest BCUT2D eigenvalue weighted by Crippen LogP contribution is -2.12. The molecular weight excluding hydrogens is 364 g/mol. The van der Waals surface area contributed by atoms with Crippen LogP contribution in [0.5, 0.6) is 23.0 Å². The number of ketones is 2. The third kappa shape index (κ3) is 4.32. The average molecular weight is 384 g/mol. The van der Waals surface area contributed by atoms with Crippen molar-refractivity contribution in [2.45, 2.75) is 18.6 Å². The molecule has 2 N–H and O–H groups in total. The molecule has 1 aliphatic heterocycles. The first-order chi connectivity index (χ1) is 13.4. The highest BCUT2D eigenvalue weighted by molar-refractivity contribution is 6.08. The molecule has 1 fully saturated rings. The fourth-order valence-electron chi connectivity index (χ4n) is 2.80. The quantitative estimate of drug-likeness (QED) is 0.409. The molecule has 7 heteroatoms. The number of aromatic hydroxyl groups is 2. The molecule has 0 aliphatic carbocycles. The van der Waals surface area contributed by atoms with E-state index in [0.29, 0.717) is 22.6 Å². The second-order valence-electron chi connectivity index (χ2n) is 6.28. The number of carbonyl (C=O) groups excluding carboxylic acids is 2. The van der Waals surface area contributed by atoms with E-state index in [2.05, 4.69) is 0 Å². The smallest absolute Gasteiger partial charge is 0.172 e. The van der Waals surface area contributed by atoms with Crippen LogP contribution in [0.4, 0.5) is 0 Å². The van der Waals surface area contributed by atoms with Gasteiger partial charge in [0.2, 0.25) is 0 Å². The molecule has 28 heavy (non-hydrogen) atoms. The summed E-state index contributed by atoms with van der Waals surface area (Å²) in [6.07, 6.45) is 1.46. The summed E-state index contributed by atoms with van der Waals surface area (Å²) in [5.74, 6) is -0.0683. The summed E-state index contributed by atoms with van der Waals surface area (Å²) >= 11 is 0. The minimum Gasteiger partial charge on any atom is -0.504 e. The molecule has 0 amide bonds. The second kappa shape index (κ2) is 8.14. The molecule has 7 nitrogen and oxygen atoms in total. The molecule has 0 saturated carbocycles. The number of phenols is 2. The molecule has 0 radical (unpaired) electrons. The van der Waals surface area contributed by atoms with Crippen molar-refractivity contribution in [3.63, 3.8) is 0 Å². The van der Waals surface area contributed by atoms with Gasteiger partial charge >= 0.3 is 0 Å². The van der Waals surface area contributed by atoms with E-state index in [1.807, 2.05) is 0 Å². The van der Waals surface area contributed by atoms with E-state index in [4.69, 9.17) is 14.2 Å². The maximum absolute atomic E-state index is 12.3. The van der Waals surface area contributed by atoms with E-state index in [1.165, 1.54) is 32.4 Å². The fourth-order valence-corrected chi connectivity index (χ4v) is 2.80. The Morgan fingerprint density at radius 3 is 2.36 bits per heavy atom. The molecule has 3 rings (SSSR count). The first-order valence-corrected chi connectivity index (χ1v) is 8.56. The van der Waals surface area contributed by atoms with Gasteiger partial charge in [0.05, 0.1) is 20.6 Å². The molecule has 146 valence electrons. The standard InChI is InChI=1S/C21H20O7/c1-26-18-9-12(4-7-15(18)23)3-6-14(22)11-17(25)21-20(28-21)13-5-8-16(24)19(10-13)27-2/h3-10,20-21,23-24H,11H2,1-2H3/b6-3+. The van der Waals surface area contributed by atoms with Crippen molar-refractivity contribution in [3.8, 4) is 23.0 Å². The minimum atomic E-state index is -0.680. The van der Waals surface area contributed by atoms with Crippen LogP contribution in [0.2, 0.25) is 0 Å². The Labute approximate surface area is 161 Å². The highest BCUT2D eigenvalue weighted by Gasteiger charge is 2.46. The van der Waals surface area contributed by atoms with Crippen molar-refractivity contribution in [1.82, 2.24) is 0 Å². The number of epoxide rings is 1. The fraction of sp³-hybridized carbons (Fsp3) is 0.238. The predicted octanol–water partition coefficient (Wildman–Crippen LogP) is 2.80. The third-order valence-electron chi connectivity index (χ3n) is 4.36. The van der Waals surface area contributed by atoms with Crippen molar-refractivity contribution >= 4 is 17.6 Å². The van der Waals surface area contributed by atoms with Crippen LogP contribution in [0.15, 0.2) is 42.5 Å². The van der Waals surface area contributed by atoms with Gasteiger partial charge in [0.1, 0.15) is 12.2 Å². The topological polar surface area (TPSA) is 106 Å². The number of carbonyl (C=O) groups is 2. The summed E-state index contributed by atoms with van der Waals surface area (Å²) in [7, 11) is 2.87. The first-order valence-electron chi connectivity index (χ1n) is 8.56. The van der Waals surface area contributed by atoms with Gasteiger partial charge in [-0.2, -0.15) is 0 Å². The van der Waals surface area contributed by atoms with Gasteiger partial charge < -0.3 is 24.4 Å². The lowest BCUT2D eigenvalue weighted by Gasteiger charge is -2.04. The van der Waals surface area contributed by atoms with Gasteiger partial charge in [0.15, 0.2) is 34.6 Å². The molecule has 1 aliphatic rings. The SMILES string of the molecule is COc1cc(/C=C/C(=O)CC(=O)C2OC2c2ccc(O)c(OC)c2)ccc1O. The van der Waals surface area contributed by atoms with E-state index < -0.39 is 12.2 Å². The summed E-state index contributed by atoms with van der Waals surface area (Å²) in [6.45, 7) is 0. The highest BCUT2D eigenvalue weighted by atomic mass is 16.6. The summed E-state index contributed by atoms with van der Waals surface area (Å²) in [5, 5.41) is 19.2. The van der Waals surface area contributed by atoms with Crippen molar-refractivity contribution in [3.05, 3.63) is 53.6 Å². The van der Waals surface area contributed by atoms with Crippen LogP contribution in [0.3, 0.4) is 0 Å². The monoisotopic (exact) mass is 384 g/mol. The Morgan fingerprint density at radius 1 is 1.04 bits per heavy atom. The summed E-state index contributed by atoms with van der Waals surface area (Å²) in [6, 6.07) is 9.39. The summed E-state index contributed by atoms with van der Waals surface area (Å²) in [5.41, 5.74) is 1.36. The number of rotatable bonds is 8. The molecule has 0 aromatic heterocycles. The van der Waals surface area contributed by atoms with E-state index >= 15 is 0 Å². The third-order valence-corrected chi connectivity index (χ3v) is 4.36. The normalized spacial score (nSPS) is 18.1. The number of allylic oxidation sites excluding steroid dienone is 1. The van der Waals surface area contributed by atoms with Crippen LogP contribution in [-0.4, -0.2) is 42.1 Å². The molecule has 0 spiro atoms. The second-order valence-corrected chi connectivity index (χ2v) is 6.28. The zero-order valence-electron chi connectivity index (χ0n) is 15.4. The Morgan fingerprint density at radius 2 is 1.68 bits per heavy atom. The molecule has 2 aromatic carbocycles. The summed E-state index contributed by atoms with van der Waals surface area (Å²) < 4.78 is 15.5. The van der Waals surface area contributed by atoms with Crippen LogP contribution in [0.25, 0.3) is 6.08 Å². The van der Waals surface area contributed by atoms with Crippen molar-refractivity contribution in [2.75, 3.05) is 14.2 Å². The van der Waals surface area contributed by atoms with Crippen LogP contribution in [0, 0.1) is 0 Å². The molecule has 1 heterocycles. The minimum absolute atomic E-state index is 0.000882. The van der Waals surface area contributed by atoms with Crippen molar-refractivity contribution in [1.29, 1.82) is 0 Å². The molecule has 2 atom stereocenters. The van der Waals surface area contributed by atoms with Gasteiger partial charge in [-0.15, -0.1) is 0 Å². The Hall–Kier alpha value is -3.32. The lowest BCUT2D eigenvalue weighted by atomic mass is 10.0. The number of hydrogen-bond donors (Lipinski definition) is 2. The zero-order valence-corrected chi connectivity index (χ0v) is 15.4. The van der Waals surface area contributed by atoms with E-state index in [0.717, 1.165) is 0 Å². The van der Waals surface area contributed by atoms with E-state index in [-0.39, 0.29) is 29.5 Å². The van der Waals surface area contributed by atoms with Gasteiger partial charge in [-0.25, -0.2) is 0 Å². The number of hydrogen-bond acceptors (Lipinski definition) is 7. The first kappa shape index (κ1) is 19.4. The van der Waals surface area contributed by atoms with Gasteiger partial charge in [0.25, 0.3) is 0 Å². The number of Topliss-reactive ketones (excluding diaryl/α,β-unsaturated/α-hetero) is 1. The lowest BCUT2D eigenvalue weighted by molar-refractivity contribution is -0.125. The number of phenolic OH excluding ortho intramolecular Hbond substituents is 2. The average Bonchev–Trinajstić information content (AvgIpc) is 3.48. The predicted molar refractivity (Wildman–Crippen MR) is 101 cm³/mol. The maximum atomic E-state index is 12.3. The van der Waals surface area contributed by atoms with E-state index in [1.54, 1.807) is 30.3 Å². The van der Waals surface area contributed by atoms with Crippen molar-refractivity contribution < 1.29 is 34.0 Å². The number of ether oxygens (including phenoxy) is 3. The largest absolute Gasteiger partial charge is 0.504 e. The Kier molecular flexibility index (Phi) is 5.65. The molecule has 2 unspecified atom stereocenters. The van der Waals surface area contributed by atoms with Crippen LogP contribution in [-0.2, 0) is 14.3 Å². The van der Waals surface area contributed by atoms with Gasteiger partial charge in [-0.1, -0.05) is 18.2 Å². The van der Waals surface area contributed by atoms with Crippen LogP contribution in [0.1, 0.15) is 23.7 Å². The molecule has 0 bridgehead atoms. The van der Waals surface area contributed by atoms with Crippen LogP contribution >= 0.6 is 0 Å². The molecule has 2 aromatic rings. The zero-order chi connectivity index (χ0) is 20.3. The Balaban J connectivity index is 1.57. The van der Waals surface area contributed by atoms with Gasteiger partial charge in [-0.3, -0.25) is 9.59 Å². The molecular formula is C21H20O7. The molecule has 1 saturated heterocycles. The summed E-state index contributed by atoms with van der Waals surface area (Å²) in [4.78, 5) is 24.3.